The topological polar surface area (TPSA) is 383 Å². The average molecular weight is 951 g/mol. The highest BCUT2D eigenvalue weighted by molar-refractivity contribution is 5.87. The molecule has 16 atom stereocenters. The lowest BCUT2D eigenvalue weighted by Gasteiger charge is -2.43. The molecule has 0 amide bonds. The highest BCUT2D eigenvalue weighted by Crippen LogP contribution is 2.48. The van der Waals surface area contributed by atoms with Gasteiger partial charge in [-0.15, -0.1) is 0 Å². The van der Waals surface area contributed by atoms with Crippen LogP contribution in [0, 0.1) is 0 Å². The summed E-state index contributed by atoms with van der Waals surface area (Å²) in [6.07, 6.45) is -23.7. The van der Waals surface area contributed by atoms with Gasteiger partial charge in [0.2, 0.25) is 18.3 Å². The minimum absolute atomic E-state index is 0.0308. The van der Waals surface area contributed by atoms with E-state index < -0.39 is 140 Å². The summed E-state index contributed by atoms with van der Waals surface area (Å²) in [6, 6.07) is 8.31. The largest absolute Gasteiger partial charge is 0.508 e. The summed E-state index contributed by atoms with van der Waals surface area (Å²) in [5, 5.41) is 147. The molecule has 7 rings (SSSR count). The van der Waals surface area contributed by atoms with Crippen molar-refractivity contribution in [1.82, 2.24) is 0 Å². The lowest BCUT2D eigenvalue weighted by atomic mass is 9.97. The Morgan fingerprint density at radius 1 is 0.687 bits per heavy atom. The fraction of sp³-hybridized carbons (Fsp3) is 0.465. The van der Waals surface area contributed by atoms with E-state index in [1.807, 2.05) is 0 Å². The zero-order valence-corrected chi connectivity index (χ0v) is 35.3. The quantitative estimate of drug-likeness (QED) is 0.0491. The van der Waals surface area contributed by atoms with Crippen LogP contribution in [-0.2, 0) is 33.2 Å². The number of benzene rings is 3. The van der Waals surface area contributed by atoms with E-state index in [-0.39, 0.29) is 39.9 Å². The molecule has 3 saturated heterocycles. The van der Waals surface area contributed by atoms with E-state index in [4.69, 9.17) is 42.6 Å². The first-order valence-electron chi connectivity index (χ1n) is 20.5. The Balaban J connectivity index is 1.10. The fourth-order valence-corrected chi connectivity index (χ4v) is 7.63. The van der Waals surface area contributed by atoms with Crippen molar-refractivity contribution in [3.05, 3.63) is 71.0 Å². The van der Waals surface area contributed by atoms with Crippen molar-refractivity contribution in [3.63, 3.8) is 0 Å². The number of carbonyl (C=O) groups is 1. The van der Waals surface area contributed by atoms with Crippen molar-refractivity contribution in [2.24, 2.45) is 0 Å². The summed E-state index contributed by atoms with van der Waals surface area (Å²) in [5.41, 5.74) is 0.313. The molecule has 0 aliphatic carbocycles. The van der Waals surface area contributed by atoms with Crippen molar-refractivity contribution in [1.29, 1.82) is 0 Å². The molecule has 16 unspecified atom stereocenters. The summed E-state index contributed by atoms with van der Waals surface area (Å²) in [4.78, 5) is 12.6. The second-order valence-corrected chi connectivity index (χ2v) is 15.9. The third-order valence-electron chi connectivity index (χ3n) is 11.4. The van der Waals surface area contributed by atoms with E-state index in [9.17, 15) is 76.3 Å². The molecule has 24 heteroatoms. The van der Waals surface area contributed by atoms with Crippen LogP contribution < -0.4 is 14.2 Å². The number of fused-ring (bicyclic) bond motifs is 1. The van der Waals surface area contributed by atoms with E-state index in [2.05, 4.69) is 0 Å². The Morgan fingerprint density at radius 3 is 2.01 bits per heavy atom. The molecular weight excluding hydrogens is 900 g/mol. The molecule has 0 bridgehead atoms. The molecular formula is C43H50O24. The van der Waals surface area contributed by atoms with Crippen molar-refractivity contribution in [2.45, 2.75) is 105 Å². The van der Waals surface area contributed by atoms with Crippen LogP contribution in [0.2, 0.25) is 0 Å². The maximum Gasteiger partial charge on any atom is 0.331 e. The van der Waals surface area contributed by atoms with Crippen LogP contribution in [-0.4, -0.2) is 190 Å². The number of ether oxygens (including phenoxy) is 9. The van der Waals surface area contributed by atoms with Crippen LogP contribution in [0.1, 0.15) is 29.7 Å². The van der Waals surface area contributed by atoms with Gasteiger partial charge in [-0.05, 0) is 48.9 Å². The van der Waals surface area contributed by atoms with Crippen molar-refractivity contribution < 1.29 is 119 Å². The molecule has 3 aromatic rings. The summed E-state index contributed by atoms with van der Waals surface area (Å²) in [5.74, 6) is -4.48. The second kappa shape index (κ2) is 20.3. The van der Waals surface area contributed by atoms with Gasteiger partial charge < -0.3 is 114 Å². The van der Waals surface area contributed by atoms with E-state index in [0.29, 0.717) is 5.56 Å². The van der Waals surface area contributed by atoms with Crippen molar-refractivity contribution in [3.8, 4) is 46.0 Å². The second-order valence-electron chi connectivity index (χ2n) is 15.9. The molecule has 67 heavy (non-hydrogen) atoms. The van der Waals surface area contributed by atoms with Crippen LogP contribution in [0.15, 0.2) is 54.3 Å². The summed E-state index contributed by atoms with van der Waals surface area (Å²) >= 11 is 0. The number of hydrogen-bond donors (Lipinski definition) is 14. The van der Waals surface area contributed by atoms with Crippen LogP contribution in [0.25, 0.3) is 12.2 Å². The molecule has 366 valence electrons. The van der Waals surface area contributed by atoms with Gasteiger partial charge in [0.25, 0.3) is 0 Å². The first kappa shape index (κ1) is 49.2. The molecule has 3 fully saturated rings. The van der Waals surface area contributed by atoms with Gasteiger partial charge in [-0.2, -0.15) is 0 Å². The molecule has 0 saturated carbocycles. The van der Waals surface area contributed by atoms with Gasteiger partial charge in [0.05, 0.1) is 32.0 Å². The smallest absolute Gasteiger partial charge is 0.331 e. The number of esters is 1. The number of phenols is 5. The number of aromatic hydroxyl groups is 5. The number of methoxy groups -OCH3 is 1. The molecule has 0 aromatic heterocycles. The van der Waals surface area contributed by atoms with Crippen LogP contribution >= 0.6 is 0 Å². The fourth-order valence-electron chi connectivity index (χ4n) is 7.63. The Bertz CT molecular complexity index is 2300. The highest BCUT2D eigenvalue weighted by Gasteiger charge is 2.50. The zero-order chi connectivity index (χ0) is 48.6. The standard InChI is InChI=1S/C43H50O24/c1-15-39(67-29(49)6-4-16-3-5-20(46)21(47)7-16)35(55)38(58)41(61-15)60-14-28-32(52)34(54)37(57)43(66-28)64-26-12-19-23(62-40(26)17-8-22(48)30(50)25(9-17)59-2)10-18(45)11-24(19)63-42-36(56)33(53)31(51)27(13-44)65-42/h3-12,15,27-28,31-48,50-58H,13-14H2,1-2H3. The first-order valence-corrected chi connectivity index (χ1v) is 20.5. The Morgan fingerprint density at radius 2 is 1.34 bits per heavy atom. The Hall–Kier alpha value is -5.71. The van der Waals surface area contributed by atoms with Crippen molar-refractivity contribution in [2.75, 3.05) is 20.3 Å². The predicted octanol–water partition coefficient (Wildman–Crippen LogP) is -2.19. The molecule has 0 radical (unpaired) electrons. The van der Waals surface area contributed by atoms with Gasteiger partial charge in [0.15, 0.2) is 41.5 Å². The molecule has 0 spiro atoms. The number of carbonyl (C=O) groups excluding carboxylic acids is 1. The molecule has 4 aliphatic rings. The lowest BCUT2D eigenvalue weighted by Crippen LogP contribution is -2.61. The summed E-state index contributed by atoms with van der Waals surface area (Å²) in [7, 11) is 1.20. The molecule has 3 aromatic carbocycles. The van der Waals surface area contributed by atoms with Crippen LogP contribution in [0.3, 0.4) is 0 Å². The van der Waals surface area contributed by atoms with Crippen LogP contribution in [0.4, 0.5) is 0 Å². The number of hydrogen-bond acceptors (Lipinski definition) is 24. The maximum atomic E-state index is 12.6. The van der Waals surface area contributed by atoms with Gasteiger partial charge >= 0.3 is 5.97 Å². The number of phenolic OH excluding ortho intramolecular Hbond substituents is 5. The SMILES string of the molecule is COc1cc(C2Oc3cc(O)cc(OC4OC(CO)C(O)C(O)C4O)c3C=C2OC2OC(COC3OC(C)C(OC(=O)C=Cc4ccc(O)c(O)c4)C(O)C3O)C(O)C(O)C2O)cc(O)c1O. The third-order valence-corrected chi connectivity index (χ3v) is 11.4. The summed E-state index contributed by atoms with van der Waals surface area (Å²) in [6.45, 7) is -0.0742. The van der Waals surface area contributed by atoms with E-state index >= 15 is 0 Å². The molecule has 4 aliphatic heterocycles. The Labute approximate surface area is 379 Å². The highest BCUT2D eigenvalue weighted by atomic mass is 16.7. The van der Waals surface area contributed by atoms with Gasteiger partial charge in [-0.3, -0.25) is 0 Å². The summed E-state index contributed by atoms with van der Waals surface area (Å²) < 4.78 is 51.4. The maximum absolute atomic E-state index is 12.6. The zero-order valence-electron chi connectivity index (χ0n) is 35.3. The van der Waals surface area contributed by atoms with E-state index in [1.165, 1.54) is 50.5 Å². The predicted molar refractivity (Wildman–Crippen MR) is 219 cm³/mol. The minimum Gasteiger partial charge on any atom is -0.508 e. The minimum atomic E-state index is -2.01. The lowest BCUT2D eigenvalue weighted by molar-refractivity contribution is -0.325. The van der Waals surface area contributed by atoms with E-state index in [1.54, 1.807) is 0 Å². The monoisotopic (exact) mass is 950 g/mol. The number of aliphatic hydroxyl groups is 9. The normalized spacial score (nSPS) is 34.1. The first-order chi connectivity index (χ1) is 31.8. The average Bonchev–Trinajstić information content (AvgIpc) is 3.30. The molecule has 4 heterocycles. The van der Waals surface area contributed by atoms with Gasteiger partial charge in [0, 0.05) is 23.8 Å². The van der Waals surface area contributed by atoms with Crippen molar-refractivity contribution >= 4 is 18.1 Å². The van der Waals surface area contributed by atoms with Gasteiger partial charge in [-0.25, -0.2) is 4.79 Å². The van der Waals surface area contributed by atoms with Crippen LogP contribution in [0.5, 0.6) is 46.0 Å². The molecule has 24 nitrogen and oxygen atoms in total. The molecule has 14 N–H and O–H groups in total. The third kappa shape index (κ3) is 10.3. The number of aliphatic hydroxyl groups excluding tert-OH is 9. The Kier molecular flexibility index (Phi) is 14.9. The van der Waals surface area contributed by atoms with Gasteiger partial charge in [0.1, 0.15) is 84.0 Å². The number of rotatable bonds is 13. The van der Waals surface area contributed by atoms with Gasteiger partial charge in [-0.1, -0.05) is 6.07 Å². The van der Waals surface area contributed by atoms with E-state index in [0.717, 1.165) is 24.3 Å².